The number of halogens is 3. The Morgan fingerprint density at radius 1 is 1.00 bits per heavy atom. The van der Waals surface area contributed by atoms with Gasteiger partial charge in [0, 0.05) is 31.1 Å². The van der Waals surface area contributed by atoms with E-state index in [-0.39, 0.29) is 45.6 Å². The lowest BCUT2D eigenvalue weighted by Gasteiger charge is -2.43. The summed E-state index contributed by atoms with van der Waals surface area (Å²) in [7, 11) is 0. The summed E-state index contributed by atoms with van der Waals surface area (Å²) in [6.07, 6.45) is 0.773. The summed E-state index contributed by atoms with van der Waals surface area (Å²) in [4.78, 5) is 45.6. The van der Waals surface area contributed by atoms with Gasteiger partial charge in [0.2, 0.25) is 11.8 Å². The summed E-state index contributed by atoms with van der Waals surface area (Å²) in [6, 6.07) is 19.0. The molecule has 2 amide bonds. The zero-order valence-electron chi connectivity index (χ0n) is 22.3. The standard InChI is InChI=1S/C32H23BrClFN2O4S2/c33-15-4-9-22(41-13-14-2-1-3-16(34)10-14)19(11-15)23-24-20-12-21(27(24)42-29-28(23)43-32(40)36-29)26-25(20)30(38)37(31(26)39)18-7-5-17(35)6-8-18/h1-11,20-21,23-27H,12-13H2,(H,36,40)/t20-,21-,23?,24?,25?,26?,27?/m1/s1. The first-order valence-electron chi connectivity index (χ1n) is 14.0. The number of aromatic amines is 1. The SMILES string of the molecule is O=C1C2C(C(=O)N1c1ccc(F)cc1)[C@@H]1C[C@H]2C2Sc3[nH]c(=O)sc3C(c3cc(Br)ccc3OCc3cccc(Cl)c3)C21. The number of H-pyrrole nitrogens is 1. The molecule has 2 saturated carbocycles. The Balaban J connectivity index is 1.20. The number of hydrogen-bond acceptors (Lipinski definition) is 6. The van der Waals surface area contributed by atoms with Crippen molar-refractivity contribution in [3.63, 3.8) is 0 Å². The zero-order valence-corrected chi connectivity index (χ0v) is 26.3. The van der Waals surface area contributed by atoms with E-state index in [0.29, 0.717) is 23.1 Å². The number of carbonyl (C=O) groups excluding carboxylic acids is 2. The molecule has 1 saturated heterocycles. The van der Waals surface area contributed by atoms with Crippen molar-refractivity contribution in [2.24, 2.45) is 29.6 Å². The number of anilines is 1. The van der Waals surface area contributed by atoms with E-state index in [1.807, 2.05) is 36.4 Å². The highest BCUT2D eigenvalue weighted by atomic mass is 79.9. The van der Waals surface area contributed by atoms with Gasteiger partial charge in [0.15, 0.2) is 0 Å². The van der Waals surface area contributed by atoms with Crippen LogP contribution in [0.2, 0.25) is 5.02 Å². The molecular weight excluding hydrogens is 675 g/mol. The van der Waals surface area contributed by atoms with Crippen LogP contribution in [0.4, 0.5) is 10.1 Å². The van der Waals surface area contributed by atoms with Gasteiger partial charge < -0.3 is 9.72 Å². The lowest BCUT2D eigenvalue weighted by molar-refractivity contribution is -0.123. The molecule has 6 nitrogen and oxygen atoms in total. The van der Waals surface area contributed by atoms with Gasteiger partial charge in [-0.1, -0.05) is 51.0 Å². The van der Waals surface area contributed by atoms with Gasteiger partial charge in [-0.25, -0.2) is 4.39 Å². The topological polar surface area (TPSA) is 79.5 Å². The molecule has 43 heavy (non-hydrogen) atoms. The molecule has 3 aromatic carbocycles. The predicted molar refractivity (Wildman–Crippen MR) is 167 cm³/mol. The van der Waals surface area contributed by atoms with E-state index >= 15 is 0 Å². The number of rotatable bonds is 5. The lowest BCUT2D eigenvalue weighted by atomic mass is 9.68. The number of amides is 2. The fourth-order valence-corrected chi connectivity index (χ4v) is 11.4. The molecule has 218 valence electrons. The second-order valence-corrected chi connectivity index (χ2v) is 15.1. The van der Waals surface area contributed by atoms with Crippen molar-refractivity contribution in [2.75, 3.05) is 4.90 Å². The van der Waals surface area contributed by atoms with Gasteiger partial charge >= 0.3 is 4.87 Å². The molecule has 2 bridgehead atoms. The van der Waals surface area contributed by atoms with Crippen molar-refractivity contribution in [1.29, 1.82) is 0 Å². The largest absolute Gasteiger partial charge is 0.489 e. The maximum absolute atomic E-state index is 14.0. The molecule has 0 radical (unpaired) electrons. The van der Waals surface area contributed by atoms with E-state index in [9.17, 15) is 18.8 Å². The summed E-state index contributed by atoms with van der Waals surface area (Å²) in [5, 5.41) is 1.50. The van der Waals surface area contributed by atoms with Crippen LogP contribution >= 0.6 is 50.6 Å². The fourth-order valence-electron chi connectivity index (χ4n) is 7.89. The number of hydrogen-bond donors (Lipinski definition) is 1. The molecule has 1 aromatic heterocycles. The van der Waals surface area contributed by atoms with Crippen LogP contribution in [0.15, 0.2) is 81.0 Å². The number of aromatic nitrogens is 1. The third-order valence-corrected chi connectivity index (χ3v) is 12.7. The average molecular weight is 698 g/mol. The van der Waals surface area contributed by atoms with E-state index in [1.54, 1.807) is 11.8 Å². The minimum Gasteiger partial charge on any atom is -0.489 e. The molecule has 2 aliphatic heterocycles. The van der Waals surface area contributed by atoms with Crippen molar-refractivity contribution in [3.05, 3.63) is 108 Å². The smallest absolute Gasteiger partial charge is 0.305 e. The maximum atomic E-state index is 14.0. The normalized spacial score (nSPS) is 28.6. The van der Waals surface area contributed by atoms with Crippen LogP contribution < -0.4 is 14.5 Å². The Labute approximate surface area is 267 Å². The molecule has 0 spiro atoms. The van der Waals surface area contributed by atoms with Gasteiger partial charge in [-0.3, -0.25) is 19.3 Å². The van der Waals surface area contributed by atoms with Gasteiger partial charge in [0.25, 0.3) is 0 Å². The second-order valence-electron chi connectivity index (χ2n) is 11.5. The third kappa shape index (κ3) is 4.35. The minimum absolute atomic E-state index is 0.0166. The van der Waals surface area contributed by atoms with E-state index in [4.69, 9.17) is 16.3 Å². The van der Waals surface area contributed by atoms with Gasteiger partial charge in [-0.2, -0.15) is 0 Å². The molecule has 4 aromatic rings. The zero-order chi connectivity index (χ0) is 29.6. The Morgan fingerprint density at radius 2 is 1.77 bits per heavy atom. The molecule has 8 rings (SSSR count). The van der Waals surface area contributed by atoms with Crippen LogP contribution in [0.25, 0.3) is 0 Å². The minimum atomic E-state index is -0.452. The van der Waals surface area contributed by atoms with Crippen LogP contribution in [0.3, 0.4) is 0 Å². The van der Waals surface area contributed by atoms with Crippen molar-refractivity contribution in [1.82, 2.24) is 4.98 Å². The van der Waals surface area contributed by atoms with Crippen LogP contribution in [-0.4, -0.2) is 22.0 Å². The third-order valence-electron chi connectivity index (χ3n) is 9.40. The Kier molecular flexibility index (Phi) is 6.63. The summed E-state index contributed by atoms with van der Waals surface area (Å²) >= 11 is 12.7. The number of imide groups is 1. The van der Waals surface area contributed by atoms with E-state index < -0.39 is 17.7 Å². The van der Waals surface area contributed by atoms with Gasteiger partial charge in [-0.15, -0.1) is 11.8 Å². The predicted octanol–water partition coefficient (Wildman–Crippen LogP) is 7.25. The first kappa shape index (κ1) is 27.6. The molecule has 2 aliphatic carbocycles. The highest BCUT2D eigenvalue weighted by Crippen LogP contribution is 2.69. The van der Waals surface area contributed by atoms with Crippen LogP contribution in [0, 0.1) is 35.4 Å². The molecule has 11 heteroatoms. The van der Waals surface area contributed by atoms with Gasteiger partial charge in [0.05, 0.1) is 22.5 Å². The number of fused-ring (bicyclic) bond motifs is 9. The monoisotopic (exact) mass is 696 g/mol. The summed E-state index contributed by atoms with van der Waals surface area (Å²) in [6.45, 7) is 0.317. The Bertz CT molecular complexity index is 1860. The van der Waals surface area contributed by atoms with E-state index in [1.165, 1.54) is 40.5 Å². The molecule has 5 unspecified atom stereocenters. The van der Waals surface area contributed by atoms with Crippen LogP contribution in [-0.2, 0) is 16.2 Å². The quantitative estimate of drug-likeness (QED) is 0.223. The van der Waals surface area contributed by atoms with E-state index in [2.05, 4.69) is 27.0 Å². The number of carbonyl (C=O) groups is 2. The first-order chi connectivity index (χ1) is 20.8. The molecular formula is C32H23BrClFN2O4S2. The van der Waals surface area contributed by atoms with E-state index in [0.717, 1.165) is 31.9 Å². The van der Waals surface area contributed by atoms with Crippen molar-refractivity contribution < 1.29 is 18.7 Å². The summed E-state index contributed by atoms with van der Waals surface area (Å²) in [5.74, 6) is -1.27. The number of benzene rings is 3. The van der Waals surface area contributed by atoms with Crippen molar-refractivity contribution >= 4 is 68.1 Å². The Morgan fingerprint density at radius 3 is 2.53 bits per heavy atom. The van der Waals surface area contributed by atoms with Gasteiger partial charge in [0.1, 0.15) is 18.2 Å². The highest BCUT2D eigenvalue weighted by molar-refractivity contribution is 9.10. The molecule has 7 atom stereocenters. The number of nitrogens with one attached hydrogen (secondary N) is 1. The molecule has 1 N–H and O–H groups in total. The van der Waals surface area contributed by atoms with Crippen molar-refractivity contribution in [3.8, 4) is 5.75 Å². The van der Waals surface area contributed by atoms with Crippen molar-refractivity contribution in [2.45, 2.75) is 29.2 Å². The number of thiazole rings is 1. The molecule has 3 heterocycles. The highest BCUT2D eigenvalue weighted by Gasteiger charge is 2.69. The molecule has 3 fully saturated rings. The Hall–Kier alpha value is -2.92. The van der Waals surface area contributed by atoms with Crippen LogP contribution in [0.5, 0.6) is 5.75 Å². The summed E-state index contributed by atoms with van der Waals surface area (Å²) in [5.41, 5.74) is 2.29. The number of ether oxygens (including phenoxy) is 1. The summed E-state index contributed by atoms with van der Waals surface area (Å²) < 4.78 is 21.0. The number of thioether (sulfide) groups is 1. The fraction of sp³-hybridized carbons (Fsp3) is 0.281. The first-order valence-corrected chi connectivity index (χ1v) is 16.8. The van der Waals surface area contributed by atoms with Gasteiger partial charge in [-0.05, 0) is 84.3 Å². The maximum Gasteiger partial charge on any atom is 0.305 e. The lowest BCUT2D eigenvalue weighted by Crippen LogP contribution is -2.42. The number of nitrogens with zero attached hydrogens (tertiary/aromatic N) is 1. The molecule has 4 aliphatic rings. The second kappa shape index (κ2) is 10.3. The average Bonchev–Trinajstić information content (AvgIpc) is 3.72. The van der Waals surface area contributed by atoms with Crippen LogP contribution in [0.1, 0.15) is 28.3 Å².